The van der Waals surface area contributed by atoms with Crippen LogP contribution in [0.2, 0.25) is 0 Å². The van der Waals surface area contributed by atoms with Crippen molar-refractivity contribution >= 4 is 27.5 Å². The Hall–Kier alpha value is -1.01. The second kappa shape index (κ2) is 6.18. The molecule has 1 aliphatic carbocycles. The van der Waals surface area contributed by atoms with Gasteiger partial charge < -0.3 is 11.1 Å². The number of carbonyl (C=O) groups excluding carboxylic acids is 1. The van der Waals surface area contributed by atoms with E-state index in [1.807, 2.05) is 0 Å². The first-order chi connectivity index (χ1) is 9.48. The van der Waals surface area contributed by atoms with E-state index in [0.29, 0.717) is 12.8 Å². The molecule has 1 saturated carbocycles. The molecule has 0 aromatic heterocycles. The van der Waals surface area contributed by atoms with Crippen molar-refractivity contribution in [2.45, 2.75) is 32.1 Å². The number of nitrogens with one attached hydrogen (secondary N) is 1. The lowest BCUT2D eigenvalue weighted by Crippen LogP contribution is -2.44. The van der Waals surface area contributed by atoms with Gasteiger partial charge in [0, 0.05) is 12.6 Å². The van der Waals surface area contributed by atoms with Crippen LogP contribution in [0.25, 0.3) is 0 Å². The summed E-state index contributed by atoms with van der Waals surface area (Å²) < 4.78 is 27.0. The van der Waals surface area contributed by atoms with Gasteiger partial charge in [-0.15, -0.1) is 0 Å². The fourth-order valence-electron chi connectivity index (χ4n) is 2.63. The highest BCUT2D eigenvalue weighted by atomic mass is 79.9. The predicted molar refractivity (Wildman–Crippen MR) is 77.3 cm³/mol. The van der Waals surface area contributed by atoms with Gasteiger partial charge in [0.05, 0.1) is 15.6 Å². The number of benzene rings is 1. The molecule has 6 heteroatoms. The number of anilines is 1. The largest absolute Gasteiger partial charge is 0.329 e. The first-order valence-electron chi connectivity index (χ1n) is 6.64. The topological polar surface area (TPSA) is 55.1 Å². The average Bonchev–Trinajstić information content (AvgIpc) is 2.45. The van der Waals surface area contributed by atoms with Gasteiger partial charge in [0.25, 0.3) is 0 Å². The average molecular weight is 347 g/mol. The third-order valence-electron chi connectivity index (χ3n) is 3.94. The molecule has 1 aliphatic rings. The molecule has 0 bridgehead atoms. The van der Waals surface area contributed by atoms with Crippen molar-refractivity contribution in [2.75, 3.05) is 11.9 Å². The van der Waals surface area contributed by atoms with Crippen LogP contribution in [-0.4, -0.2) is 12.5 Å². The van der Waals surface area contributed by atoms with Crippen molar-refractivity contribution in [1.29, 1.82) is 0 Å². The highest BCUT2D eigenvalue weighted by Gasteiger charge is 2.38. The van der Waals surface area contributed by atoms with Crippen LogP contribution in [0, 0.1) is 17.0 Å². The van der Waals surface area contributed by atoms with Crippen LogP contribution < -0.4 is 11.1 Å². The highest BCUT2D eigenvalue weighted by molar-refractivity contribution is 9.10. The molecule has 20 heavy (non-hydrogen) atoms. The number of hydrogen-bond acceptors (Lipinski definition) is 2. The van der Waals surface area contributed by atoms with E-state index >= 15 is 0 Å². The zero-order chi connectivity index (χ0) is 14.8. The molecule has 1 aromatic carbocycles. The molecule has 0 saturated heterocycles. The molecule has 0 radical (unpaired) electrons. The lowest BCUT2D eigenvalue weighted by Gasteiger charge is -2.34. The van der Waals surface area contributed by atoms with Gasteiger partial charge in [0.15, 0.2) is 0 Å². The third-order valence-corrected chi connectivity index (χ3v) is 4.55. The maximum absolute atomic E-state index is 13.7. The van der Waals surface area contributed by atoms with Crippen LogP contribution in [0.4, 0.5) is 14.5 Å². The summed E-state index contributed by atoms with van der Waals surface area (Å²) in [7, 11) is 0. The van der Waals surface area contributed by atoms with E-state index in [4.69, 9.17) is 5.73 Å². The lowest BCUT2D eigenvalue weighted by atomic mass is 9.73. The Morgan fingerprint density at radius 3 is 2.50 bits per heavy atom. The highest BCUT2D eigenvalue weighted by Crippen LogP contribution is 2.37. The summed E-state index contributed by atoms with van der Waals surface area (Å²) in [6, 6.07) is 1.98. The molecule has 3 nitrogen and oxygen atoms in total. The van der Waals surface area contributed by atoms with E-state index in [-0.39, 0.29) is 22.6 Å². The van der Waals surface area contributed by atoms with Crippen LogP contribution >= 0.6 is 15.9 Å². The molecule has 0 unspecified atom stereocenters. The van der Waals surface area contributed by atoms with Crippen molar-refractivity contribution in [3.63, 3.8) is 0 Å². The molecule has 1 fully saturated rings. The van der Waals surface area contributed by atoms with Gasteiger partial charge in [-0.2, -0.15) is 0 Å². The first kappa shape index (κ1) is 15.4. The second-order valence-corrected chi connectivity index (χ2v) is 6.10. The standard InChI is InChI=1S/C14H17BrF2N2O/c15-9-6-12(11(17)7-10(9)16)19-13(20)14(8-18)4-2-1-3-5-14/h6-7H,1-5,8,18H2,(H,19,20). The molecular formula is C14H17BrF2N2O. The van der Waals surface area contributed by atoms with Crippen molar-refractivity contribution in [3.05, 3.63) is 28.2 Å². The summed E-state index contributed by atoms with van der Waals surface area (Å²) in [5.41, 5.74) is 5.10. The SMILES string of the molecule is NCC1(C(=O)Nc2cc(Br)c(F)cc2F)CCCCC1. The van der Waals surface area contributed by atoms with Crippen LogP contribution in [0.15, 0.2) is 16.6 Å². The summed E-state index contributed by atoms with van der Waals surface area (Å²) in [5, 5.41) is 2.55. The molecule has 2 rings (SSSR count). The maximum Gasteiger partial charge on any atom is 0.231 e. The van der Waals surface area contributed by atoms with E-state index < -0.39 is 17.0 Å². The minimum absolute atomic E-state index is 0.0262. The van der Waals surface area contributed by atoms with E-state index in [1.54, 1.807) is 0 Å². The van der Waals surface area contributed by atoms with E-state index in [0.717, 1.165) is 25.3 Å². The Labute approximate surface area is 125 Å². The molecule has 110 valence electrons. The number of nitrogens with two attached hydrogens (primary N) is 1. The molecule has 1 aromatic rings. The summed E-state index contributed by atoms with van der Waals surface area (Å²) in [5.74, 6) is -1.77. The fraction of sp³-hybridized carbons (Fsp3) is 0.500. The maximum atomic E-state index is 13.7. The predicted octanol–water partition coefficient (Wildman–Crippen LogP) is 3.58. The number of hydrogen-bond donors (Lipinski definition) is 2. The second-order valence-electron chi connectivity index (χ2n) is 5.25. The number of amides is 1. The van der Waals surface area contributed by atoms with Gasteiger partial charge in [-0.3, -0.25) is 4.79 Å². The molecule has 0 aliphatic heterocycles. The summed E-state index contributed by atoms with van der Waals surface area (Å²) >= 11 is 2.98. The minimum Gasteiger partial charge on any atom is -0.329 e. The van der Waals surface area contributed by atoms with Crippen LogP contribution in [0.5, 0.6) is 0 Å². The minimum atomic E-state index is -0.790. The normalized spacial score (nSPS) is 17.8. The molecule has 0 spiro atoms. The zero-order valence-electron chi connectivity index (χ0n) is 11.0. The van der Waals surface area contributed by atoms with Gasteiger partial charge >= 0.3 is 0 Å². The lowest BCUT2D eigenvalue weighted by molar-refractivity contribution is -0.126. The van der Waals surface area contributed by atoms with Gasteiger partial charge in [-0.05, 0) is 34.8 Å². The number of carbonyl (C=O) groups is 1. The Morgan fingerprint density at radius 1 is 1.25 bits per heavy atom. The Morgan fingerprint density at radius 2 is 1.90 bits per heavy atom. The van der Waals surface area contributed by atoms with E-state index in [2.05, 4.69) is 21.2 Å². The van der Waals surface area contributed by atoms with Crippen LogP contribution in [0.1, 0.15) is 32.1 Å². The number of rotatable bonds is 3. The van der Waals surface area contributed by atoms with Crippen molar-refractivity contribution in [2.24, 2.45) is 11.1 Å². The van der Waals surface area contributed by atoms with Gasteiger partial charge in [-0.25, -0.2) is 8.78 Å². The summed E-state index contributed by atoms with van der Waals surface area (Å²) in [6.07, 6.45) is 4.39. The zero-order valence-corrected chi connectivity index (χ0v) is 12.6. The Balaban J connectivity index is 2.20. The van der Waals surface area contributed by atoms with Gasteiger partial charge in [0.1, 0.15) is 11.6 Å². The van der Waals surface area contributed by atoms with E-state index in [9.17, 15) is 13.6 Å². The van der Waals surface area contributed by atoms with Crippen molar-refractivity contribution in [3.8, 4) is 0 Å². The smallest absolute Gasteiger partial charge is 0.231 e. The Bertz CT molecular complexity index is 516. The molecule has 0 heterocycles. The Kier molecular flexibility index (Phi) is 4.75. The van der Waals surface area contributed by atoms with Gasteiger partial charge in [0.2, 0.25) is 5.91 Å². The quantitative estimate of drug-likeness (QED) is 0.822. The summed E-state index contributed by atoms with van der Waals surface area (Å²) in [4.78, 5) is 12.4. The van der Waals surface area contributed by atoms with Crippen LogP contribution in [-0.2, 0) is 4.79 Å². The van der Waals surface area contributed by atoms with Gasteiger partial charge in [-0.1, -0.05) is 19.3 Å². The van der Waals surface area contributed by atoms with E-state index in [1.165, 1.54) is 6.07 Å². The third kappa shape index (κ3) is 3.01. The monoisotopic (exact) mass is 346 g/mol. The summed E-state index contributed by atoms with van der Waals surface area (Å²) in [6.45, 7) is 0.239. The van der Waals surface area contributed by atoms with Crippen LogP contribution in [0.3, 0.4) is 0 Å². The molecule has 0 atom stereocenters. The number of halogens is 3. The van der Waals surface area contributed by atoms with Crippen molar-refractivity contribution in [1.82, 2.24) is 0 Å². The van der Waals surface area contributed by atoms with Crippen molar-refractivity contribution < 1.29 is 13.6 Å². The molecule has 3 N–H and O–H groups in total. The molecule has 1 amide bonds. The molecular weight excluding hydrogens is 330 g/mol. The fourth-order valence-corrected chi connectivity index (χ4v) is 2.97. The first-order valence-corrected chi connectivity index (χ1v) is 7.44.